The van der Waals surface area contributed by atoms with Crippen LogP contribution in [0.4, 0.5) is 11.6 Å². The molecule has 0 radical (unpaired) electrons. The van der Waals surface area contributed by atoms with Crippen LogP contribution in [0.15, 0.2) is 12.4 Å². The van der Waals surface area contributed by atoms with Crippen molar-refractivity contribution in [1.82, 2.24) is 15.3 Å². The van der Waals surface area contributed by atoms with E-state index in [2.05, 4.69) is 15.3 Å². The third-order valence-corrected chi connectivity index (χ3v) is 2.97. The fourth-order valence-electron chi connectivity index (χ4n) is 2.09. The largest absolute Gasteiger partial charge is 0.396 e. The van der Waals surface area contributed by atoms with E-state index in [9.17, 15) is 4.79 Å². The predicted octanol–water partition coefficient (Wildman–Crippen LogP) is 0.164. The summed E-state index contributed by atoms with van der Waals surface area (Å²) >= 11 is 0. The Kier molecular flexibility index (Phi) is 3.41. The van der Waals surface area contributed by atoms with E-state index in [1.54, 1.807) is 19.4 Å². The number of nitrogens with one attached hydrogen (secondary N) is 1. The number of likely N-dealkylation sites (N-methyl/N-ethyl adjacent to an activating group) is 1. The first-order valence-corrected chi connectivity index (χ1v) is 5.78. The smallest absolute Gasteiger partial charge is 0.242 e. The van der Waals surface area contributed by atoms with Crippen LogP contribution < -0.4 is 16.0 Å². The number of carbonyl (C=O) groups is 1. The maximum atomic E-state index is 11.8. The third kappa shape index (κ3) is 2.46. The fourth-order valence-corrected chi connectivity index (χ4v) is 2.09. The van der Waals surface area contributed by atoms with E-state index >= 15 is 0 Å². The molecule has 1 aliphatic heterocycles. The molecule has 0 aliphatic carbocycles. The number of amides is 1. The summed E-state index contributed by atoms with van der Waals surface area (Å²) in [7, 11) is 1.65. The van der Waals surface area contributed by atoms with Gasteiger partial charge < -0.3 is 16.0 Å². The SMILES string of the molecule is CNC(=O)C1CCCCN1c1ncc(N)cn1. The Morgan fingerprint density at radius 1 is 1.47 bits per heavy atom. The van der Waals surface area contributed by atoms with Crippen molar-refractivity contribution < 1.29 is 4.79 Å². The second kappa shape index (κ2) is 4.99. The average molecular weight is 235 g/mol. The molecular weight excluding hydrogens is 218 g/mol. The average Bonchev–Trinajstić information content (AvgIpc) is 2.39. The van der Waals surface area contributed by atoms with Crippen molar-refractivity contribution >= 4 is 17.5 Å². The van der Waals surface area contributed by atoms with Crippen molar-refractivity contribution in [2.75, 3.05) is 24.2 Å². The first kappa shape index (κ1) is 11.6. The van der Waals surface area contributed by atoms with Crippen molar-refractivity contribution in [3.63, 3.8) is 0 Å². The summed E-state index contributed by atoms with van der Waals surface area (Å²) in [5, 5.41) is 2.68. The van der Waals surface area contributed by atoms with Crippen LogP contribution in [0.25, 0.3) is 0 Å². The Bertz CT molecular complexity index is 391. The molecule has 0 aromatic carbocycles. The van der Waals surface area contributed by atoms with Crippen molar-refractivity contribution in [3.8, 4) is 0 Å². The number of hydrogen-bond acceptors (Lipinski definition) is 5. The maximum absolute atomic E-state index is 11.8. The van der Waals surface area contributed by atoms with Gasteiger partial charge in [0.05, 0.1) is 18.1 Å². The summed E-state index contributed by atoms with van der Waals surface area (Å²) in [5.41, 5.74) is 6.08. The van der Waals surface area contributed by atoms with Crippen LogP contribution in [0.5, 0.6) is 0 Å². The number of rotatable bonds is 2. The molecule has 92 valence electrons. The molecule has 0 bridgehead atoms. The van der Waals surface area contributed by atoms with Gasteiger partial charge in [-0.3, -0.25) is 4.79 Å². The number of piperidine rings is 1. The van der Waals surface area contributed by atoms with Crippen LogP contribution in [0.2, 0.25) is 0 Å². The second-order valence-electron chi connectivity index (χ2n) is 4.14. The Morgan fingerprint density at radius 2 is 2.18 bits per heavy atom. The lowest BCUT2D eigenvalue weighted by atomic mass is 10.0. The van der Waals surface area contributed by atoms with Crippen molar-refractivity contribution in [2.24, 2.45) is 0 Å². The van der Waals surface area contributed by atoms with Crippen LogP contribution >= 0.6 is 0 Å². The van der Waals surface area contributed by atoms with E-state index in [-0.39, 0.29) is 11.9 Å². The Labute approximate surface area is 100 Å². The van der Waals surface area contributed by atoms with E-state index in [4.69, 9.17) is 5.73 Å². The van der Waals surface area contributed by atoms with Gasteiger partial charge in [-0.05, 0) is 19.3 Å². The lowest BCUT2D eigenvalue weighted by molar-refractivity contribution is -0.122. The highest BCUT2D eigenvalue weighted by Crippen LogP contribution is 2.21. The molecule has 1 aromatic heterocycles. The van der Waals surface area contributed by atoms with Gasteiger partial charge in [0.25, 0.3) is 0 Å². The van der Waals surface area contributed by atoms with E-state index in [1.807, 2.05) is 4.90 Å². The minimum atomic E-state index is -0.169. The lowest BCUT2D eigenvalue weighted by Gasteiger charge is -2.34. The van der Waals surface area contributed by atoms with Gasteiger partial charge in [0.2, 0.25) is 11.9 Å². The van der Waals surface area contributed by atoms with E-state index < -0.39 is 0 Å². The number of nitrogens with zero attached hydrogens (tertiary/aromatic N) is 3. The number of nitrogens with two attached hydrogens (primary N) is 1. The standard InChI is InChI=1S/C11H17N5O/c1-13-10(17)9-4-2-3-5-16(9)11-14-6-8(12)7-15-11/h6-7,9H,2-5,12H2,1H3,(H,13,17). The van der Waals surface area contributed by atoms with Crippen LogP contribution in [0.1, 0.15) is 19.3 Å². The number of nitrogen functional groups attached to an aromatic ring is 1. The highest BCUT2D eigenvalue weighted by molar-refractivity contribution is 5.84. The second-order valence-corrected chi connectivity index (χ2v) is 4.14. The molecule has 6 heteroatoms. The summed E-state index contributed by atoms with van der Waals surface area (Å²) in [6.45, 7) is 0.808. The molecule has 1 fully saturated rings. The predicted molar refractivity (Wildman–Crippen MR) is 65.5 cm³/mol. The molecular formula is C11H17N5O. The van der Waals surface area contributed by atoms with Gasteiger partial charge >= 0.3 is 0 Å². The molecule has 1 unspecified atom stereocenters. The molecule has 0 saturated carbocycles. The van der Waals surface area contributed by atoms with Crippen molar-refractivity contribution in [3.05, 3.63) is 12.4 Å². The number of carbonyl (C=O) groups excluding carboxylic acids is 1. The third-order valence-electron chi connectivity index (χ3n) is 2.97. The first-order valence-electron chi connectivity index (χ1n) is 5.78. The van der Waals surface area contributed by atoms with Gasteiger partial charge in [-0.1, -0.05) is 0 Å². The Balaban J connectivity index is 2.21. The molecule has 17 heavy (non-hydrogen) atoms. The summed E-state index contributed by atoms with van der Waals surface area (Å²) in [6, 6.07) is -0.169. The zero-order valence-electron chi connectivity index (χ0n) is 9.89. The van der Waals surface area contributed by atoms with Crippen molar-refractivity contribution in [2.45, 2.75) is 25.3 Å². The monoisotopic (exact) mass is 235 g/mol. The molecule has 0 spiro atoms. The summed E-state index contributed by atoms with van der Waals surface area (Å²) in [6.07, 6.45) is 6.09. The van der Waals surface area contributed by atoms with Crippen LogP contribution in [-0.2, 0) is 4.79 Å². The van der Waals surface area contributed by atoms with Gasteiger partial charge in [0, 0.05) is 13.6 Å². The van der Waals surface area contributed by atoms with Crippen LogP contribution in [0, 0.1) is 0 Å². The number of aromatic nitrogens is 2. The molecule has 1 amide bonds. The van der Waals surface area contributed by atoms with Crippen molar-refractivity contribution in [1.29, 1.82) is 0 Å². The first-order chi connectivity index (χ1) is 8.22. The topological polar surface area (TPSA) is 84.1 Å². The normalized spacial score (nSPS) is 20.1. The lowest BCUT2D eigenvalue weighted by Crippen LogP contribution is -2.49. The quantitative estimate of drug-likeness (QED) is 0.763. The zero-order chi connectivity index (χ0) is 12.3. The fraction of sp³-hybridized carbons (Fsp3) is 0.545. The highest BCUT2D eigenvalue weighted by atomic mass is 16.2. The van der Waals surface area contributed by atoms with Gasteiger partial charge in [-0.25, -0.2) is 9.97 Å². The Hall–Kier alpha value is -1.85. The molecule has 2 rings (SSSR count). The van der Waals surface area contributed by atoms with Gasteiger partial charge in [-0.15, -0.1) is 0 Å². The minimum absolute atomic E-state index is 0.0186. The van der Waals surface area contributed by atoms with E-state index in [0.29, 0.717) is 11.6 Å². The van der Waals surface area contributed by atoms with Gasteiger partial charge in [0.15, 0.2) is 0 Å². The van der Waals surface area contributed by atoms with E-state index in [0.717, 1.165) is 25.8 Å². The molecule has 6 nitrogen and oxygen atoms in total. The number of hydrogen-bond donors (Lipinski definition) is 2. The van der Waals surface area contributed by atoms with Gasteiger partial charge in [-0.2, -0.15) is 0 Å². The minimum Gasteiger partial charge on any atom is -0.396 e. The molecule has 1 atom stereocenters. The molecule has 3 N–H and O–H groups in total. The molecule has 1 aromatic rings. The van der Waals surface area contributed by atoms with E-state index in [1.165, 1.54) is 0 Å². The molecule has 2 heterocycles. The molecule has 1 aliphatic rings. The van der Waals surface area contributed by atoms with Crippen LogP contribution in [-0.4, -0.2) is 35.5 Å². The summed E-state index contributed by atoms with van der Waals surface area (Å²) < 4.78 is 0. The Morgan fingerprint density at radius 3 is 2.82 bits per heavy atom. The summed E-state index contributed by atoms with van der Waals surface area (Å²) in [4.78, 5) is 22.1. The highest BCUT2D eigenvalue weighted by Gasteiger charge is 2.29. The molecule has 1 saturated heterocycles. The number of anilines is 2. The van der Waals surface area contributed by atoms with Crippen LogP contribution in [0.3, 0.4) is 0 Å². The maximum Gasteiger partial charge on any atom is 0.242 e. The van der Waals surface area contributed by atoms with Gasteiger partial charge in [0.1, 0.15) is 6.04 Å². The summed E-state index contributed by atoms with van der Waals surface area (Å²) in [5.74, 6) is 0.595. The zero-order valence-corrected chi connectivity index (χ0v) is 9.89.